The lowest BCUT2D eigenvalue weighted by Gasteiger charge is -2.25. The molecule has 10 heavy (non-hydrogen) atoms. The first-order valence-electron chi connectivity index (χ1n) is 4.29. The van der Waals surface area contributed by atoms with E-state index in [0.29, 0.717) is 12.0 Å². The van der Waals surface area contributed by atoms with Crippen LogP contribution in [0.1, 0.15) is 25.7 Å². The fourth-order valence-electron chi connectivity index (χ4n) is 2.30. The van der Waals surface area contributed by atoms with E-state index in [0.717, 1.165) is 6.54 Å². The van der Waals surface area contributed by atoms with Crippen LogP contribution in [0.4, 0.5) is 0 Å². The van der Waals surface area contributed by atoms with Crippen LogP contribution in [-0.4, -0.2) is 23.8 Å². The molecule has 0 amide bonds. The molecular formula is C8H15NO. The lowest BCUT2D eigenvalue weighted by Crippen LogP contribution is -2.30. The minimum Gasteiger partial charge on any atom is -0.391 e. The second-order valence-corrected chi connectivity index (χ2v) is 3.53. The molecule has 1 saturated carbocycles. The van der Waals surface area contributed by atoms with Crippen molar-refractivity contribution in [2.45, 2.75) is 37.8 Å². The first-order valence-corrected chi connectivity index (χ1v) is 4.29. The number of β-amino-alcohol motifs (C(OH)–C–C–N with tert-alkyl or cyclic N) is 1. The lowest BCUT2D eigenvalue weighted by molar-refractivity contribution is 0.120. The van der Waals surface area contributed by atoms with Gasteiger partial charge in [0, 0.05) is 18.5 Å². The van der Waals surface area contributed by atoms with Crippen LogP contribution >= 0.6 is 0 Å². The summed E-state index contributed by atoms with van der Waals surface area (Å²) in [6.45, 7) is 0.829. The average molecular weight is 141 g/mol. The zero-order chi connectivity index (χ0) is 6.97. The summed E-state index contributed by atoms with van der Waals surface area (Å²) in [5, 5.41) is 12.8. The molecule has 3 atom stereocenters. The second kappa shape index (κ2) is 2.51. The minimum absolute atomic E-state index is 0.0506. The van der Waals surface area contributed by atoms with Gasteiger partial charge < -0.3 is 10.4 Å². The number of rotatable bonds is 0. The van der Waals surface area contributed by atoms with Crippen LogP contribution in [0.15, 0.2) is 0 Å². The van der Waals surface area contributed by atoms with E-state index in [1.54, 1.807) is 0 Å². The van der Waals surface area contributed by atoms with Crippen molar-refractivity contribution in [1.82, 2.24) is 5.32 Å². The Morgan fingerprint density at radius 2 is 2.00 bits per heavy atom. The van der Waals surface area contributed by atoms with Crippen LogP contribution < -0.4 is 5.32 Å². The maximum Gasteiger partial charge on any atom is 0.0707 e. The maximum atomic E-state index is 9.46. The largest absolute Gasteiger partial charge is 0.391 e. The normalized spacial score (nSPS) is 47.1. The van der Waals surface area contributed by atoms with Crippen LogP contribution in [0.2, 0.25) is 0 Å². The summed E-state index contributed by atoms with van der Waals surface area (Å²) in [5.41, 5.74) is 0. The summed E-state index contributed by atoms with van der Waals surface area (Å²) < 4.78 is 0. The predicted octanol–water partition coefficient (Wildman–Crippen LogP) is 0.509. The second-order valence-electron chi connectivity index (χ2n) is 3.53. The van der Waals surface area contributed by atoms with Crippen molar-refractivity contribution in [2.24, 2.45) is 5.92 Å². The molecule has 1 aliphatic carbocycles. The van der Waals surface area contributed by atoms with Gasteiger partial charge in [0.2, 0.25) is 0 Å². The van der Waals surface area contributed by atoms with E-state index in [1.165, 1.54) is 25.7 Å². The third kappa shape index (κ3) is 0.956. The third-order valence-electron chi connectivity index (χ3n) is 2.90. The molecule has 2 aliphatic rings. The summed E-state index contributed by atoms with van der Waals surface area (Å²) in [5.74, 6) is 0.578. The lowest BCUT2D eigenvalue weighted by atomic mass is 9.84. The van der Waals surface area contributed by atoms with Gasteiger partial charge in [-0.1, -0.05) is 12.8 Å². The molecule has 2 heteroatoms. The Kier molecular flexibility index (Phi) is 1.66. The highest BCUT2D eigenvalue weighted by Crippen LogP contribution is 2.30. The van der Waals surface area contributed by atoms with Gasteiger partial charge in [-0.3, -0.25) is 0 Å². The number of aliphatic hydroxyl groups excluding tert-OH is 1. The van der Waals surface area contributed by atoms with Gasteiger partial charge in [0.15, 0.2) is 0 Å². The maximum absolute atomic E-state index is 9.46. The van der Waals surface area contributed by atoms with E-state index >= 15 is 0 Å². The summed E-state index contributed by atoms with van der Waals surface area (Å²) in [4.78, 5) is 0. The van der Waals surface area contributed by atoms with Crippen molar-refractivity contribution >= 4 is 0 Å². The number of aliphatic hydroxyl groups is 1. The van der Waals surface area contributed by atoms with Gasteiger partial charge in [-0.15, -0.1) is 0 Å². The van der Waals surface area contributed by atoms with Gasteiger partial charge >= 0.3 is 0 Å². The Balaban J connectivity index is 2.01. The molecule has 0 bridgehead atoms. The van der Waals surface area contributed by atoms with E-state index in [1.807, 2.05) is 0 Å². The zero-order valence-corrected chi connectivity index (χ0v) is 6.21. The van der Waals surface area contributed by atoms with E-state index in [2.05, 4.69) is 5.32 Å². The SMILES string of the molecule is OC1CNC2CCCCC12. The fraction of sp³-hybridized carbons (Fsp3) is 1.00. The van der Waals surface area contributed by atoms with Gasteiger partial charge in [-0.2, -0.15) is 0 Å². The number of nitrogens with one attached hydrogen (secondary N) is 1. The Labute approximate surface area is 61.6 Å². The molecule has 1 heterocycles. The van der Waals surface area contributed by atoms with Crippen molar-refractivity contribution in [1.29, 1.82) is 0 Å². The summed E-state index contributed by atoms with van der Waals surface area (Å²) in [6, 6.07) is 0.642. The first kappa shape index (κ1) is 6.62. The van der Waals surface area contributed by atoms with E-state index < -0.39 is 0 Å². The van der Waals surface area contributed by atoms with Gasteiger partial charge in [0.05, 0.1) is 6.10 Å². The zero-order valence-electron chi connectivity index (χ0n) is 6.21. The van der Waals surface area contributed by atoms with Crippen LogP contribution in [0.25, 0.3) is 0 Å². The molecular weight excluding hydrogens is 126 g/mol. The first-order chi connectivity index (χ1) is 4.88. The molecule has 0 aromatic rings. The standard InChI is InChI=1S/C8H15NO/c10-8-5-9-7-4-2-1-3-6(7)8/h6-10H,1-5H2. The van der Waals surface area contributed by atoms with Crippen molar-refractivity contribution < 1.29 is 5.11 Å². The number of hydrogen-bond donors (Lipinski definition) is 2. The van der Waals surface area contributed by atoms with E-state index in [4.69, 9.17) is 0 Å². The Morgan fingerprint density at radius 3 is 2.80 bits per heavy atom. The molecule has 0 aromatic carbocycles. The van der Waals surface area contributed by atoms with Crippen molar-refractivity contribution in [3.8, 4) is 0 Å². The molecule has 58 valence electrons. The highest BCUT2D eigenvalue weighted by Gasteiger charge is 2.35. The minimum atomic E-state index is -0.0506. The smallest absolute Gasteiger partial charge is 0.0707 e. The average Bonchev–Trinajstić information content (AvgIpc) is 2.34. The molecule has 0 aromatic heterocycles. The van der Waals surface area contributed by atoms with Gasteiger partial charge in [-0.05, 0) is 12.8 Å². The van der Waals surface area contributed by atoms with E-state index in [9.17, 15) is 5.11 Å². The highest BCUT2D eigenvalue weighted by atomic mass is 16.3. The van der Waals surface area contributed by atoms with Crippen LogP contribution in [0, 0.1) is 5.92 Å². The predicted molar refractivity (Wildman–Crippen MR) is 39.8 cm³/mol. The van der Waals surface area contributed by atoms with Gasteiger partial charge in [0.1, 0.15) is 0 Å². The fourth-order valence-corrected chi connectivity index (χ4v) is 2.30. The molecule has 1 aliphatic heterocycles. The number of fused-ring (bicyclic) bond motifs is 1. The molecule has 1 saturated heterocycles. The summed E-state index contributed by atoms with van der Waals surface area (Å²) in [7, 11) is 0. The topological polar surface area (TPSA) is 32.3 Å². The molecule has 2 rings (SSSR count). The molecule has 2 fully saturated rings. The van der Waals surface area contributed by atoms with Gasteiger partial charge in [-0.25, -0.2) is 0 Å². The molecule has 0 radical (unpaired) electrons. The molecule has 0 spiro atoms. The third-order valence-corrected chi connectivity index (χ3v) is 2.90. The van der Waals surface area contributed by atoms with Crippen molar-refractivity contribution in [3.63, 3.8) is 0 Å². The van der Waals surface area contributed by atoms with Gasteiger partial charge in [0.25, 0.3) is 0 Å². The quantitative estimate of drug-likeness (QED) is 0.515. The summed E-state index contributed by atoms with van der Waals surface area (Å²) >= 11 is 0. The monoisotopic (exact) mass is 141 g/mol. The van der Waals surface area contributed by atoms with Crippen LogP contribution in [0.5, 0.6) is 0 Å². The van der Waals surface area contributed by atoms with Crippen LogP contribution in [0.3, 0.4) is 0 Å². The van der Waals surface area contributed by atoms with Crippen molar-refractivity contribution in [2.75, 3.05) is 6.54 Å². The molecule has 3 unspecified atom stereocenters. The molecule has 2 nitrogen and oxygen atoms in total. The highest BCUT2D eigenvalue weighted by molar-refractivity contribution is 4.92. The number of hydrogen-bond acceptors (Lipinski definition) is 2. The van der Waals surface area contributed by atoms with Crippen molar-refractivity contribution in [3.05, 3.63) is 0 Å². The Hall–Kier alpha value is -0.0800. The Morgan fingerprint density at radius 1 is 1.20 bits per heavy atom. The van der Waals surface area contributed by atoms with Crippen LogP contribution in [-0.2, 0) is 0 Å². The van der Waals surface area contributed by atoms with E-state index in [-0.39, 0.29) is 6.10 Å². The summed E-state index contributed by atoms with van der Waals surface area (Å²) in [6.07, 6.45) is 5.13. The Bertz CT molecular complexity index is 124. The molecule has 2 N–H and O–H groups in total.